The monoisotopic (exact) mass is 257 g/mol. The summed E-state index contributed by atoms with van der Waals surface area (Å²) in [5.41, 5.74) is 2.12. The average Bonchev–Trinajstić information content (AvgIpc) is 2.36. The number of aliphatic hydroxyl groups is 1. The normalized spacial score (nSPS) is 11.3. The van der Waals surface area contributed by atoms with E-state index in [1.807, 2.05) is 31.2 Å². The Hall–Kier alpha value is -1.49. The van der Waals surface area contributed by atoms with Crippen molar-refractivity contribution in [1.29, 1.82) is 0 Å². The maximum Gasteiger partial charge on any atom is 0.287 e. The first kappa shape index (κ1) is 14.6. The summed E-state index contributed by atoms with van der Waals surface area (Å²) in [5.74, 6) is -3.69. The molecule has 3 nitrogen and oxygen atoms in total. The van der Waals surface area contributed by atoms with E-state index in [0.29, 0.717) is 6.42 Å². The van der Waals surface area contributed by atoms with E-state index in [4.69, 9.17) is 5.11 Å². The summed E-state index contributed by atoms with van der Waals surface area (Å²) in [7, 11) is 0. The summed E-state index contributed by atoms with van der Waals surface area (Å²) < 4.78 is 25.3. The van der Waals surface area contributed by atoms with Crippen LogP contribution in [0.15, 0.2) is 24.3 Å². The van der Waals surface area contributed by atoms with Gasteiger partial charge < -0.3 is 10.4 Å². The third-order valence-electron chi connectivity index (χ3n) is 2.54. The Bertz CT molecular complexity index is 390. The zero-order valence-corrected chi connectivity index (χ0v) is 10.2. The lowest BCUT2D eigenvalue weighted by Crippen LogP contribution is -2.39. The lowest BCUT2D eigenvalue weighted by molar-refractivity contribution is -0.124. The van der Waals surface area contributed by atoms with E-state index in [-0.39, 0.29) is 6.42 Å². The molecule has 0 saturated heterocycles. The van der Waals surface area contributed by atoms with Crippen LogP contribution in [0, 0.1) is 6.92 Å². The molecule has 0 fully saturated rings. The van der Waals surface area contributed by atoms with Crippen molar-refractivity contribution in [3.63, 3.8) is 0 Å². The van der Waals surface area contributed by atoms with Gasteiger partial charge in [0.15, 0.2) is 0 Å². The highest BCUT2D eigenvalue weighted by molar-refractivity contribution is 5.76. The second-order valence-corrected chi connectivity index (χ2v) is 4.28. The molecule has 0 unspecified atom stereocenters. The van der Waals surface area contributed by atoms with Crippen molar-refractivity contribution < 1.29 is 18.7 Å². The van der Waals surface area contributed by atoms with Gasteiger partial charge in [0.05, 0.1) is 6.54 Å². The number of amides is 1. The number of hydrogen-bond donors (Lipinski definition) is 2. The Morgan fingerprint density at radius 2 is 1.94 bits per heavy atom. The zero-order chi connectivity index (χ0) is 13.6. The highest BCUT2D eigenvalue weighted by Gasteiger charge is 2.27. The zero-order valence-electron chi connectivity index (χ0n) is 10.2. The molecule has 1 amide bonds. The Balaban J connectivity index is 2.31. The Morgan fingerprint density at radius 1 is 1.33 bits per heavy atom. The first-order chi connectivity index (χ1) is 8.43. The number of hydrogen-bond acceptors (Lipinski definition) is 2. The fourth-order valence-electron chi connectivity index (χ4n) is 1.38. The van der Waals surface area contributed by atoms with E-state index in [9.17, 15) is 13.6 Å². The van der Waals surface area contributed by atoms with E-state index in [2.05, 4.69) is 5.32 Å². The maximum absolute atomic E-state index is 12.7. The van der Waals surface area contributed by atoms with Crippen molar-refractivity contribution >= 4 is 5.91 Å². The fraction of sp³-hybridized carbons (Fsp3) is 0.462. The van der Waals surface area contributed by atoms with Gasteiger partial charge in [-0.15, -0.1) is 0 Å². The molecule has 2 N–H and O–H groups in total. The van der Waals surface area contributed by atoms with Crippen molar-refractivity contribution in [2.24, 2.45) is 0 Å². The van der Waals surface area contributed by atoms with E-state index >= 15 is 0 Å². The van der Waals surface area contributed by atoms with Crippen LogP contribution >= 0.6 is 0 Å². The van der Waals surface area contributed by atoms with E-state index in [1.54, 1.807) is 0 Å². The third-order valence-corrected chi connectivity index (χ3v) is 2.54. The van der Waals surface area contributed by atoms with Crippen LogP contribution in [-0.2, 0) is 11.2 Å². The van der Waals surface area contributed by atoms with E-state index in [0.717, 1.165) is 11.1 Å². The summed E-state index contributed by atoms with van der Waals surface area (Å²) in [5, 5.41) is 10.4. The average molecular weight is 257 g/mol. The number of carbonyl (C=O) groups excluding carboxylic acids is 1. The molecule has 18 heavy (non-hydrogen) atoms. The quantitative estimate of drug-likeness (QED) is 0.814. The number of carbonyl (C=O) groups is 1. The number of halogens is 2. The summed E-state index contributed by atoms with van der Waals surface area (Å²) in [4.78, 5) is 11.3. The van der Waals surface area contributed by atoms with Crippen LogP contribution in [0.2, 0.25) is 0 Å². The number of benzene rings is 1. The van der Waals surface area contributed by atoms with Gasteiger partial charge >= 0.3 is 0 Å². The number of aryl methyl sites for hydroxylation is 2. The molecular weight excluding hydrogens is 240 g/mol. The Kier molecular flexibility index (Phi) is 5.22. The van der Waals surface area contributed by atoms with Gasteiger partial charge in [0.2, 0.25) is 5.91 Å². The second kappa shape index (κ2) is 6.44. The lowest BCUT2D eigenvalue weighted by atomic mass is 10.1. The van der Waals surface area contributed by atoms with Gasteiger partial charge in [-0.2, -0.15) is 0 Å². The largest absolute Gasteiger partial charge is 0.390 e. The van der Waals surface area contributed by atoms with Gasteiger partial charge in [-0.3, -0.25) is 4.79 Å². The highest BCUT2D eigenvalue weighted by atomic mass is 19.3. The molecule has 0 bridgehead atoms. The van der Waals surface area contributed by atoms with Gasteiger partial charge in [-0.1, -0.05) is 29.8 Å². The van der Waals surface area contributed by atoms with Crippen molar-refractivity contribution in [3.05, 3.63) is 35.4 Å². The molecule has 0 aliphatic heterocycles. The molecule has 100 valence electrons. The fourth-order valence-corrected chi connectivity index (χ4v) is 1.38. The van der Waals surface area contributed by atoms with Crippen LogP contribution in [0.1, 0.15) is 17.5 Å². The van der Waals surface area contributed by atoms with Gasteiger partial charge in [0, 0.05) is 6.42 Å². The molecule has 0 aromatic heterocycles. The Labute approximate surface area is 105 Å². The molecule has 5 heteroatoms. The van der Waals surface area contributed by atoms with E-state index < -0.39 is 25.0 Å². The van der Waals surface area contributed by atoms with Crippen LogP contribution < -0.4 is 5.32 Å². The van der Waals surface area contributed by atoms with Crippen LogP contribution in [0.25, 0.3) is 0 Å². The molecule has 1 aromatic rings. The number of alkyl halides is 2. The standard InChI is InChI=1S/C13H17F2NO2/c1-10-2-4-11(5-3-10)6-7-12(18)16-8-13(14,15)9-17/h2-5,17H,6-9H2,1H3,(H,16,18). The summed E-state index contributed by atoms with van der Waals surface area (Å²) in [6, 6.07) is 7.69. The predicted octanol–water partition coefficient (Wildman–Crippen LogP) is 1.67. The molecule has 0 atom stereocenters. The molecule has 1 rings (SSSR count). The third kappa shape index (κ3) is 5.23. The molecule has 0 radical (unpaired) electrons. The van der Waals surface area contributed by atoms with Crippen LogP contribution in [0.3, 0.4) is 0 Å². The van der Waals surface area contributed by atoms with Crippen LogP contribution in [0.4, 0.5) is 8.78 Å². The number of nitrogens with one attached hydrogen (secondary N) is 1. The molecule has 0 aliphatic rings. The van der Waals surface area contributed by atoms with Gasteiger partial charge in [0.25, 0.3) is 5.92 Å². The minimum Gasteiger partial charge on any atom is -0.390 e. The van der Waals surface area contributed by atoms with Crippen molar-refractivity contribution in [3.8, 4) is 0 Å². The van der Waals surface area contributed by atoms with Crippen LogP contribution in [0.5, 0.6) is 0 Å². The summed E-state index contributed by atoms with van der Waals surface area (Å²) in [6.07, 6.45) is 0.668. The highest BCUT2D eigenvalue weighted by Crippen LogP contribution is 2.10. The number of rotatable bonds is 6. The lowest BCUT2D eigenvalue weighted by Gasteiger charge is -2.13. The van der Waals surface area contributed by atoms with Crippen molar-refractivity contribution in [2.45, 2.75) is 25.7 Å². The molecule has 1 aromatic carbocycles. The topological polar surface area (TPSA) is 49.3 Å². The minimum atomic E-state index is -3.25. The maximum atomic E-state index is 12.7. The van der Waals surface area contributed by atoms with Gasteiger partial charge in [-0.05, 0) is 18.9 Å². The molecule has 0 aliphatic carbocycles. The van der Waals surface area contributed by atoms with Crippen molar-refractivity contribution in [1.82, 2.24) is 5.32 Å². The van der Waals surface area contributed by atoms with Gasteiger partial charge in [0.1, 0.15) is 6.61 Å². The first-order valence-corrected chi connectivity index (χ1v) is 5.74. The summed E-state index contributed by atoms with van der Waals surface area (Å²) in [6.45, 7) is -0.116. The molecular formula is C13H17F2NO2. The SMILES string of the molecule is Cc1ccc(CCC(=O)NCC(F)(F)CO)cc1. The van der Waals surface area contributed by atoms with Gasteiger partial charge in [-0.25, -0.2) is 8.78 Å². The smallest absolute Gasteiger partial charge is 0.287 e. The molecule has 0 spiro atoms. The Morgan fingerprint density at radius 3 is 2.50 bits per heavy atom. The molecule has 0 heterocycles. The molecule has 0 saturated carbocycles. The second-order valence-electron chi connectivity index (χ2n) is 4.28. The van der Waals surface area contributed by atoms with E-state index in [1.165, 1.54) is 0 Å². The summed E-state index contributed by atoms with van der Waals surface area (Å²) >= 11 is 0. The van der Waals surface area contributed by atoms with Crippen molar-refractivity contribution in [2.75, 3.05) is 13.2 Å². The minimum absolute atomic E-state index is 0.157. The van der Waals surface area contributed by atoms with Crippen LogP contribution in [-0.4, -0.2) is 30.1 Å². The first-order valence-electron chi connectivity index (χ1n) is 5.74. The predicted molar refractivity (Wildman–Crippen MR) is 64.5 cm³/mol. The number of aliphatic hydroxyl groups excluding tert-OH is 1.